The molecule has 0 unspecified atom stereocenters. The summed E-state index contributed by atoms with van der Waals surface area (Å²) in [6, 6.07) is 8.25. The number of nitrogens with zero attached hydrogens (tertiary/aromatic N) is 5. The lowest BCUT2D eigenvalue weighted by molar-refractivity contribution is 0.699. The van der Waals surface area contributed by atoms with Gasteiger partial charge in [0.1, 0.15) is 0 Å². The second-order valence-corrected chi connectivity index (χ2v) is 7.46. The topological polar surface area (TPSA) is 77.1 Å². The molecule has 0 atom stereocenters. The van der Waals surface area contributed by atoms with Crippen molar-refractivity contribution < 1.29 is 0 Å². The number of rotatable bonds is 3. The van der Waals surface area contributed by atoms with Crippen LogP contribution in [0.15, 0.2) is 33.9 Å². The Morgan fingerprint density at radius 2 is 1.93 bits per heavy atom. The van der Waals surface area contributed by atoms with Crippen molar-refractivity contribution >= 4 is 17.1 Å². The van der Waals surface area contributed by atoms with Crippen LogP contribution in [-0.4, -0.2) is 44.9 Å². The number of benzene rings is 1. The number of aromatic nitrogens is 4. The minimum Gasteiger partial charge on any atom is -0.341 e. The van der Waals surface area contributed by atoms with E-state index >= 15 is 0 Å². The molecule has 3 heterocycles. The summed E-state index contributed by atoms with van der Waals surface area (Å²) < 4.78 is 4.59. The van der Waals surface area contributed by atoms with Crippen LogP contribution in [-0.2, 0) is 20.6 Å². The first-order valence-corrected chi connectivity index (χ1v) is 9.65. The lowest BCUT2D eigenvalue weighted by Crippen LogP contribution is -2.37. The maximum Gasteiger partial charge on any atom is 0.332 e. The molecular weight excluding hydrogens is 356 g/mol. The number of fused-ring (bicyclic) bond motifs is 1. The zero-order valence-corrected chi connectivity index (χ0v) is 16.6. The molecule has 0 radical (unpaired) electrons. The summed E-state index contributed by atoms with van der Waals surface area (Å²) in [6.07, 6.45) is 1.00. The number of aryl methyl sites for hydroxylation is 2. The fraction of sp³-hybridized carbons (Fsp3) is 0.450. The van der Waals surface area contributed by atoms with E-state index in [1.165, 1.54) is 17.2 Å². The molecule has 8 nitrogen and oxygen atoms in total. The first kappa shape index (κ1) is 18.5. The lowest BCUT2D eigenvalue weighted by atomic mass is 10.1. The average Bonchev–Trinajstić information content (AvgIpc) is 2.86. The fourth-order valence-electron chi connectivity index (χ4n) is 3.86. The minimum atomic E-state index is -0.359. The van der Waals surface area contributed by atoms with Crippen LogP contribution in [0.1, 0.15) is 17.5 Å². The molecule has 1 aliphatic rings. The van der Waals surface area contributed by atoms with Crippen LogP contribution in [0.2, 0.25) is 0 Å². The minimum absolute atomic E-state index is 0.308. The standard InChI is InChI=1S/C20H26N6O2/c1-14-6-4-7-15(12-14)13-26-16-17(23(2)20(28)24(3)18(16)27)22-19(26)25-10-5-8-21-9-11-25/h4,6-7,12,21H,5,8-11,13H2,1-3H3. The third kappa shape index (κ3) is 3.13. The normalized spacial score (nSPS) is 15.2. The van der Waals surface area contributed by atoms with Gasteiger partial charge in [0.25, 0.3) is 5.56 Å². The van der Waals surface area contributed by atoms with Crippen molar-refractivity contribution in [2.45, 2.75) is 19.9 Å². The van der Waals surface area contributed by atoms with Crippen LogP contribution in [0.3, 0.4) is 0 Å². The zero-order valence-electron chi connectivity index (χ0n) is 16.6. The Bertz CT molecular complexity index is 1130. The van der Waals surface area contributed by atoms with Gasteiger partial charge in [0, 0.05) is 33.7 Å². The molecule has 3 aromatic rings. The van der Waals surface area contributed by atoms with Crippen LogP contribution in [0, 0.1) is 6.92 Å². The summed E-state index contributed by atoms with van der Waals surface area (Å²) >= 11 is 0. The highest BCUT2D eigenvalue weighted by Crippen LogP contribution is 2.22. The van der Waals surface area contributed by atoms with E-state index in [2.05, 4.69) is 35.3 Å². The Morgan fingerprint density at radius 1 is 1.11 bits per heavy atom. The Hall–Kier alpha value is -2.87. The second kappa shape index (κ2) is 7.27. The smallest absolute Gasteiger partial charge is 0.332 e. The molecule has 8 heteroatoms. The maximum atomic E-state index is 13.0. The van der Waals surface area contributed by atoms with E-state index in [9.17, 15) is 9.59 Å². The molecule has 1 saturated heterocycles. The number of imidazole rings is 1. The van der Waals surface area contributed by atoms with Crippen molar-refractivity contribution in [2.24, 2.45) is 14.1 Å². The molecule has 0 amide bonds. The monoisotopic (exact) mass is 382 g/mol. The molecule has 1 aromatic carbocycles. The quantitative estimate of drug-likeness (QED) is 0.718. The van der Waals surface area contributed by atoms with Gasteiger partial charge >= 0.3 is 5.69 Å². The Balaban J connectivity index is 1.96. The molecule has 1 aliphatic heterocycles. The second-order valence-electron chi connectivity index (χ2n) is 7.46. The molecule has 1 fully saturated rings. The van der Waals surface area contributed by atoms with E-state index in [1.54, 1.807) is 7.05 Å². The van der Waals surface area contributed by atoms with Gasteiger partial charge in [-0.15, -0.1) is 0 Å². The Labute approximate surface area is 163 Å². The highest BCUT2D eigenvalue weighted by Gasteiger charge is 2.23. The molecular formula is C20H26N6O2. The molecule has 0 saturated carbocycles. The highest BCUT2D eigenvalue weighted by atomic mass is 16.2. The summed E-state index contributed by atoms with van der Waals surface area (Å²) in [4.78, 5) is 32.4. The summed E-state index contributed by atoms with van der Waals surface area (Å²) in [5, 5.41) is 3.40. The zero-order chi connectivity index (χ0) is 19.8. The van der Waals surface area contributed by atoms with Gasteiger partial charge in [-0.2, -0.15) is 4.98 Å². The predicted molar refractivity (Wildman–Crippen MR) is 110 cm³/mol. The van der Waals surface area contributed by atoms with Crippen molar-refractivity contribution in [3.05, 3.63) is 56.2 Å². The molecule has 148 valence electrons. The van der Waals surface area contributed by atoms with E-state index in [1.807, 2.05) is 10.6 Å². The summed E-state index contributed by atoms with van der Waals surface area (Å²) in [6.45, 7) is 6.09. The molecule has 0 bridgehead atoms. The SMILES string of the molecule is Cc1cccc(Cn2c(N3CCCNCC3)nc3c2c(=O)n(C)c(=O)n3C)c1. The average molecular weight is 382 g/mol. The van der Waals surface area contributed by atoms with Gasteiger partial charge in [0.2, 0.25) is 5.95 Å². The number of nitrogens with one attached hydrogen (secondary N) is 1. The largest absolute Gasteiger partial charge is 0.341 e. The van der Waals surface area contributed by atoms with Gasteiger partial charge < -0.3 is 10.2 Å². The third-order valence-corrected chi connectivity index (χ3v) is 5.37. The van der Waals surface area contributed by atoms with Crippen molar-refractivity contribution in [3.63, 3.8) is 0 Å². The summed E-state index contributed by atoms with van der Waals surface area (Å²) in [7, 11) is 3.19. The van der Waals surface area contributed by atoms with E-state index in [0.717, 1.165) is 48.7 Å². The molecule has 0 aliphatic carbocycles. The van der Waals surface area contributed by atoms with E-state index in [0.29, 0.717) is 17.7 Å². The predicted octanol–water partition coefficient (Wildman–Crippen LogP) is 0.590. The van der Waals surface area contributed by atoms with Crippen LogP contribution in [0.25, 0.3) is 11.2 Å². The van der Waals surface area contributed by atoms with Crippen molar-refractivity contribution in [1.82, 2.24) is 24.0 Å². The first-order chi connectivity index (χ1) is 13.5. The van der Waals surface area contributed by atoms with E-state index in [-0.39, 0.29) is 11.2 Å². The van der Waals surface area contributed by atoms with E-state index in [4.69, 9.17) is 4.98 Å². The molecule has 28 heavy (non-hydrogen) atoms. The molecule has 4 rings (SSSR count). The van der Waals surface area contributed by atoms with Gasteiger partial charge in [-0.3, -0.25) is 18.5 Å². The maximum absolute atomic E-state index is 13.0. The summed E-state index contributed by atoms with van der Waals surface area (Å²) in [5.41, 5.74) is 2.51. The van der Waals surface area contributed by atoms with Gasteiger partial charge in [-0.05, 0) is 25.5 Å². The number of anilines is 1. The van der Waals surface area contributed by atoms with Gasteiger partial charge in [0.05, 0.1) is 6.54 Å². The van der Waals surface area contributed by atoms with Gasteiger partial charge in [-0.1, -0.05) is 29.8 Å². The van der Waals surface area contributed by atoms with Crippen LogP contribution < -0.4 is 21.5 Å². The highest BCUT2D eigenvalue weighted by molar-refractivity contribution is 5.74. The van der Waals surface area contributed by atoms with Crippen LogP contribution in [0.5, 0.6) is 0 Å². The van der Waals surface area contributed by atoms with Crippen molar-refractivity contribution in [2.75, 3.05) is 31.1 Å². The first-order valence-electron chi connectivity index (χ1n) is 9.65. The van der Waals surface area contributed by atoms with E-state index < -0.39 is 0 Å². The lowest BCUT2D eigenvalue weighted by Gasteiger charge is -2.22. The molecule has 1 N–H and O–H groups in total. The Morgan fingerprint density at radius 3 is 2.71 bits per heavy atom. The Kier molecular flexibility index (Phi) is 4.80. The van der Waals surface area contributed by atoms with Crippen molar-refractivity contribution in [3.8, 4) is 0 Å². The van der Waals surface area contributed by atoms with Gasteiger partial charge in [0.15, 0.2) is 11.2 Å². The fourth-order valence-corrected chi connectivity index (χ4v) is 3.86. The van der Waals surface area contributed by atoms with Crippen LogP contribution in [0.4, 0.5) is 5.95 Å². The van der Waals surface area contributed by atoms with Gasteiger partial charge in [-0.25, -0.2) is 4.79 Å². The number of hydrogen-bond donors (Lipinski definition) is 1. The summed E-state index contributed by atoms with van der Waals surface area (Å²) in [5.74, 6) is 0.749. The third-order valence-electron chi connectivity index (χ3n) is 5.37. The van der Waals surface area contributed by atoms with Crippen LogP contribution >= 0.6 is 0 Å². The number of hydrogen-bond acceptors (Lipinski definition) is 5. The van der Waals surface area contributed by atoms with Crippen molar-refractivity contribution in [1.29, 1.82) is 0 Å². The molecule has 0 spiro atoms. The molecule has 2 aromatic heterocycles.